The van der Waals surface area contributed by atoms with Gasteiger partial charge in [0.05, 0.1) is 12.2 Å². The Bertz CT molecular complexity index is 773. The fraction of sp³-hybridized carbons (Fsp3) is 0.300. The van der Waals surface area contributed by atoms with Gasteiger partial charge in [-0.2, -0.15) is 0 Å². The molecule has 0 aliphatic heterocycles. The Morgan fingerprint density at radius 1 is 1.07 bits per heavy atom. The summed E-state index contributed by atoms with van der Waals surface area (Å²) >= 11 is 0. The number of rotatable bonds is 8. The van der Waals surface area contributed by atoms with Crippen molar-refractivity contribution in [3.63, 3.8) is 0 Å². The second-order valence-electron chi connectivity index (χ2n) is 5.86. The van der Waals surface area contributed by atoms with E-state index in [4.69, 9.17) is 9.47 Å². The van der Waals surface area contributed by atoms with Crippen LogP contribution in [0.4, 0.5) is 14.5 Å². The van der Waals surface area contributed by atoms with Crippen molar-refractivity contribution in [2.45, 2.75) is 32.8 Å². The molecule has 0 saturated heterocycles. The van der Waals surface area contributed by atoms with Crippen LogP contribution in [-0.2, 0) is 9.53 Å². The Balaban J connectivity index is 1.93. The van der Waals surface area contributed by atoms with Gasteiger partial charge >= 0.3 is 5.97 Å². The number of nitrogens with one attached hydrogen (secondary N) is 1. The molecule has 2 rings (SSSR count). The molecule has 27 heavy (non-hydrogen) atoms. The van der Waals surface area contributed by atoms with Crippen LogP contribution in [0.5, 0.6) is 5.75 Å². The van der Waals surface area contributed by atoms with Crippen LogP contribution >= 0.6 is 0 Å². The molecule has 0 fully saturated rings. The van der Waals surface area contributed by atoms with E-state index < -0.39 is 35.3 Å². The molecule has 0 aliphatic rings. The van der Waals surface area contributed by atoms with Crippen molar-refractivity contribution in [1.29, 1.82) is 0 Å². The minimum Gasteiger partial charge on any atom is -0.494 e. The number of para-hydroxylation sites is 1. The average molecular weight is 377 g/mol. The SMILES string of the molecule is CCCCOc1ccc(C(=O)OC(C)C(=O)Nc2c(F)cccc2F)cc1. The number of benzene rings is 2. The van der Waals surface area contributed by atoms with E-state index in [-0.39, 0.29) is 5.56 Å². The summed E-state index contributed by atoms with van der Waals surface area (Å²) in [6, 6.07) is 9.51. The summed E-state index contributed by atoms with van der Waals surface area (Å²) in [5.74, 6) is -2.78. The van der Waals surface area contributed by atoms with Gasteiger partial charge in [-0.05, 0) is 49.7 Å². The standard InChI is InChI=1S/C20H21F2NO4/c1-3-4-12-26-15-10-8-14(9-11-15)20(25)27-13(2)19(24)23-18-16(21)6-5-7-17(18)22/h5-11,13H,3-4,12H2,1-2H3,(H,23,24). The Hall–Kier alpha value is -2.96. The maximum absolute atomic E-state index is 13.6. The lowest BCUT2D eigenvalue weighted by molar-refractivity contribution is -0.123. The number of amides is 1. The van der Waals surface area contributed by atoms with Crippen LogP contribution in [0.2, 0.25) is 0 Å². The molecule has 7 heteroatoms. The summed E-state index contributed by atoms with van der Waals surface area (Å²) in [7, 11) is 0. The topological polar surface area (TPSA) is 64.6 Å². The number of anilines is 1. The van der Waals surface area contributed by atoms with Crippen molar-refractivity contribution in [3.05, 3.63) is 59.7 Å². The fourth-order valence-electron chi connectivity index (χ4n) is 2.15. The van der Waals surface area contributed by atoms with E-state index in [0.29, 0.717) is 12.4 Å². The van der Waals surface area contributed by atoms with Gasteiger partial charge in [0.2, 0.25) is 0 Å². The number of esters is 1. The zero-order valence-corrected chi connectivity index (χ0v) is 15.1. The van der Waals surface area contributed by atoms with Gasteiger partial charge < -0.3 is 14.8 Å². The zero-order valence-electron chi connectivity index (χ0n) is 15.1. The predicted molar refractivity (Wildman–Crippen MR) is 96.7 cm³/mol. The molecule has 1 unspecified atom stereocenters. The number of hydrogen-bond donors (Lipinski definition) is 1. The van der Waals surface area contributed by atoms with Gasteiger partial charge in [0.1, 0.15) is 23.1 Å². The zero-order chi connectivity index (χ0) is 19.8. The minimum atomic E-state index is -1.24. The van der Waals surface area contributed by atoms with E-state index in [9.17, 15) is 18.4 Å². The normalized spacial score (nSPS) is 11.6. The molecule has 1 N–H and O–H groups in total. The van der Waals surface area contributed by atoms with Crippen molar-refractivity contribution in [2.75, 3.05) is 11.9 Å². The molecule has 2 aromatic carbocycles. The van der Waals surface area contributed by atoms with Gasteiger partial charge in [-0.25, -0.2) is 13.6 Å². The molecule has 0 saturated carbocycles. The number of carbonyl (C=O) groups excluding carboxylic acids is 2. The molecule has 2 aromatic rings. The highest BCUT2D eigenvalue weighted by Crippen LogP contribution is 2.19. The molecule has 0 radical (unpaired) electrons. The highest BCUT2D eigenvalue weighted by atomic mass is 19.1. The van der Waals surface area contributed by atoms with E-state index in [1.807, 2.05) is 0 Å². The second-order valence-corrected chi connectivity index (χ2v) is 5.86. The Labute approximate surface area is 156 Å². The third-order valence-corrected chi connectivity index (χ3v) is 3.72. The van der Waals surface area contributed by atoms with Crippen LogP contribution in [0.3, 0.4) is 0 Å². The lowest BCUT2D eigenvalue weighted by atomic mass is 10.2. The lowest BCUT2D eigenvalue weighted by Crippen LogP contribution is -2.30. The molecule has 144 valence electrons. The van der Waals surface area contributed by atoms with Gasteiger partial charge in [0.15, 0.2) is 6.10 Å². The van der Waals surface area contributed by atoms with E-state index in [1.165, 1.54) is 25.1 Å². The smallest absolute Gasteiger partial charge is 0.338 e. The molecular formula is C20H21F2NO4. The predicted octanol–water partition coefficient (Wildman–Crippen LogP) is 4.33. The Morgan fingerprint density at radius 2 is 1.70 bits per heavy atom. The molecule has 1 atom stereocenters. The minimum absolute atomic E-state index is 0.231. The maximum atomic E-state index is 13.6. The van der Waals surface area contributed by atoms with Crippen molar-refractivity contribution in [3.8, 4) is 5.75 Å². The largest absolute Gasteiger partial charge is 0.494 e. The molecule has 0 aromatic heterocycles. The van der Waals surface area contributed by atoms with Gasteiger partial charge in [-0.3, -0.25) is 4.79 Å². The summed E-state index contributed by atoms with van der Waals surface area (Å²) in [6.07, 6.45) is 0.706. The number of hydrogen-bond acceptors (Lipinski definition) is 4. The number of unbranched alkanes of at least 4 members (excludes halogenated alkanes) is 1. The molecule has 0 heterocycles. The van der Waals surface area contributed by atoms with E-state index >= 15 is 0 Å². The average Bonchev–Trinajstić information content (AvgIpc) is 2.65. The monoisotopic (exact) mass is 377 g/mol. The first-order valence-electron chi connectivity index (χ1n) is 8.61. The highest BCUT2D eigenvalue weighted by molar-refractivity contribution is 5.97. The van der Waals surface area contributed by atoms with Gasteiger partial charge in [0, 0.05) is 0 Å². The number of halogens is 2. The van der Waals surface area contributed by atoms with Crippen molar-refractivity contribution in [2.24, 2.45) is 0 Å². The lowest BCUT2D eigenvalue weighted by Gasteiger charge is -2.14. The van der Waals surface area contributed by atoms with Crippen LogP contribution in [-0.4, -0.2) is 24.6 Å². The third kappa shape index (κ3) is 5.77. The van der Waals surface area contributed by atoms with Crippen molar-refractivity contribution < 1.29 is 27.8 Å². The van der Waals surface area contributed by atoms with Crippen LogP contribution in [0.25, 0.3) is 0 Å². The fourth-order valence-corrected chi connectivity index (χ4v) is 2.15. The maximum Gasteiger partial charge on any atom is 0.338 e. The van der Waals surface area contributed by atoms with Gasteiger partial charge in [0.25, 0.3) is 5.91 Å². The first-order valence-corrected chi connectivity index (χ1v) is 8.61. The summed E-state index contributed by atoms with van der Waals surface area (Å²) in [6.45, 7) is 3.96. The third-order valence-electron chi connectivity index (χ3n) is 3.72. The number of carbonyl (C=O) groups is 2. The molecule has 1 amide bonds. The van der Waals surface area contributed by atoms with Gasteiger partial charge in [-0.1, -0.05) is 19.4 Å². The molecule has 0 aliphatic carbocycles. The summed E-state index contributed by atoms with van der Waals surface area (Å²) in [5.41, 5.74) is -0.353. The second kappa shape index (κ2) is 9.66. The molecule has 0 spiro atoms. The summed E-state index contributed by atoms with van der Waals surface area (Å²) < 4.78 is 37.7. The van der Waals surface area contributed by atoms with E-state index in [2.05, 4.69) is 12.2 Å². The molecular weight excluding hydrogens is 356 g/mol. The van der Waals surface area contributed by atoms with Gasteiger partial charge in [-0.15, -0.1) is 0 Å². The summed E-state index contributed by atoms with van der Waals surface area (Å²) in [5, 5.41) is 2.09. The first kappa shape index (κ1) is 20.4. The van der Waals surface area contributed by atoms with E-state index in [1.54, 1.807) is 12.1 Å². The Morgan fingerprint density at radius 3 is 2.30 bits per heavy atom. The van der Waals surface area contributed by atoms with Crippen molar-refractivity contribution >= 4 is 17.6 Å². The first-order chi connectivity index (χ1) is 12.9. The van der Waals surface area contributed by atoms with Crippen molar-refractivity contribution in [1.82, 2.24) is 0 Å². The van der Waals surface area contributed by atoms with E-state index in [0.717, 1.165) is 25.0 Å². The quantitative estimate of drug-likeness (QED) is 0.549. The van der Waals surface area contributed by atoms with Crippen LogP contribution in [0.15, 0.2) is 42.5 Å². The Kier molecular flexibility index (Phi) is 7.28. The van der Waals surface area contributed by atoms with Crippen LogP contribution in [0.1, 0.15) is 37.0 Å². The van der Waals surface area contributed by atoms with Crippen LogP contribution in [0, 0.1) is 11.6 Å². The van der Waals surface area contributed by atoms with Crippen LogP contribution < -0.4 is 10.1 Å². The highest BCUT2D eigenvalue weighted by Gasteiger charge is 2.21. The summed E-state index contributed by atoms with van der Waals surface area (Å²) in [4.78, 5) is 24.2. The molecule has 5 nitrogen and oxygen atoms in total. The number of ether oxygens (including phenoxy) is 2. The molecule has 0 bridgehead atoms.